The van der Waals surface area contributed by atoms with Gasteiger partial charge in [-0.25, -0.2) is 8.42 Å². The minimum Gasteiger partial charge on any atom is -0.452 e. The average molecular weight is 367 g/mol. The van der Waals surface area contributed by atoms with Crippen molar-refractivity contribution in [3.8, 4) is 0 Å². The summed E-state index contributed by atoms with van der Waals surface area (Å²) < 4.78 is 38.0. The first-order chi connectivity index (χ1) is 9.34. The molecule has 0 saturated carbocycles. The molecule has 1 aromatic rings. The molecule has 0 spiro atoms. The lowest BCUT2D eigenvalue weighted by Gasteiger charge is -2.34. The van der Waals surface area contributed by atoms with Gasteiger partial charge in [-0.05, 0) is 36.8 Å². The van der Waals surface area contributed by atoms with Gasteiger partial charge in [0.05, 0.1) is 18.8 Å². The molecule has 1 saturated heterocycles. The van der Waals surface area contributed by atoms with E-state index in [1.54, 1.807) is 13.1 Å². The van der Waals surface area contributed by atoms with Crippen molar-refractivity contribution in [2.45, 2.75) is 37.5 Å². The molecule has 1 N–H and O–H groups in total. The summed E-state index contributed by atoms with van der Waals surface area (Å²) in [5.74, 6) is 0.576. The van der Waals surface area contributed by atoms with Crippen LogP contribution in [0.3, 0.4) is 0 Å². The maximum Gasteiger partial charge on any atom is 0.247 e. The Labute approximate surface area is 127 Å². The standard InChI is InChI=1S/C12H19BrN2O4S/c1-8-6-15(7-9(2)18-8)20(16,17)11-4-10(5-14-3)19-12(11)13/h4,8-9,14H,5-7H2,1-3H3/t8-,9+. The summed E-state index contributed by atoms with van der Waals surface area (Å²) in [7, 11) is -1.80. The fraction of sp³-hybridized carbons (Fsp3) is 0.667. The monoisotopic (exact) mass is 366 g/mol. The Morgan fingerprint density at radius 3 is 2.55 bits per heavy atom. The van der Waals surface area contributed by atoms with Crippen LogP contribution in [0.2, 0.25) is 0 Å². The molecule has 2 rings (SSSR count). The van der Waals surface area contributed by atoms with E-state index < -0.39 is 10.0 Å². The van der Waals surface area contributed by atoms with Crippen molar-refractivity contribution in [1.29, 1.82) is 0 Å². The van der Waals surface area contributed by atoms with E-state index in [1.165, 1.54) is 4.31 Å². The molecule has 2 heterocycles. The first kappa shape index (κ1) is 16.0. The molecular weight excluding hydrogens is 348 g/mol. The van der Waals surface area contributed by atoms with Gasteiger partial charge in [0.25, 0.3) is 0 Å². The number of nitrogens with zero attached hydrogens (tertiary/aromatic N) is 1. The predicted molar refractivity (Wildman–Crippen MR) is 77.9 cm³/mol. The summed E-state index contributed by atoms with van der Waals surface area (Å²) in [5.41, 5.74) is 0. The fourth-order valence-electron chi connectivity index (χ4n) is 2.30. The number of hydrogen-bond donors (Lipinski definition) is 1. The third-order valence-corrected chi connectivity index (χ3v) is 5.75. The van der Waals surface area contributed by atoms with Crippen molar-refractivity contribution in [2.24, 2.45) is 0 Å². The first-order valence-electron chi connectivity index (χ1n) is 6.43. The van der Waals surface area contributed by atoms with Crippen molar-refractivity contribution < 1.29 is 17.6 Å². The molecule has 0 bridgehead atoms. The summed E-state index contributed by atoms with van der Waals surface area (Å²) in [6, 6.07) is 1.56. The molecule has 0 aromatic carbocycles. The largest absolute Gasteiger partial charge is 0.452 e. The summed E-state index contributed by atoms with van der Waals surface area (Å²) >= 11 is 3.19. The van der Waals surface area contributed by atoms with E-state index in [0.29, 0.717) is 25.4 Å². The maximum absolute atomic E-state index is 12.7. The third-order valence-electron chi connectivity index (χ3n) is 3.06. The van der Waals surface area contributed by atoms with Gasteiger partial charge in [-0.15, -0.1) is 0 Å². The molecule has 0 amide bonds. The van der Waals surface area contributed by atoms with Crippen LogP contribution < -0.4 is 5.32 Å². The van der Waals surface area contributed by atoms with Crippen molar-refractivity contribution in [3.05, 3.63) is 16.5 Å². The zero-order valence-corrected chi connectivity index (χ0v) is 14.1. The number of furan rings is 1. The second-order valence-corrected chi connectivity index (χ2v) is 7.59. The molecule has 0 unspecified atom stereocenters. The molecule has 0 radical (unpaired) electrons. The second-order valence-electron chi connectivity index (χ2n) is 4.96. The van der Waals surface area contributed by atoms with E-state index in [0.717, 1.165) is 0 Å². The van der Waals surface area contributed by atoms with E-state index in [1.807, 2.05) is 13.8 Å². The number of morpholine rings is 1. The molecule has 1 aliphatic heterocycles. The lowest BCUT2D eigenvalue weighted by atomic mass is 10.3. The fourth-order valence-corrected chi connectivity index (χ4v) is 4.85. The average Bonchev–Trinajstić information content (AvgIpc) is 2.70. The highest BCUT2D eigenvalue weighted by Crippen LogP contribution is 2.30. The van der Waals surface area contributed by atoms with Gasteiger partial charge in [0, 0.05) is 19.2 Å². The third kappa shape index (κ3) is 3.25. The van der Waals surface area contributed by atoms with Crippen molar-refractivity contribution in [2.75, 3.05) is 20.1 Å². The van der Waals surface area contributed by atoms with Crippen LogP contribution in [0.25, 0.3) is 0 Å². The summed E-state index contributed by atoms with van der Waals surface area (Å²) in [4.78, 5) is 0.170. The van der Waals surface area contributed by atoms with Gasteiger partial charge in [0.2, 0.25) is 10.0 Å². The minimum absolute atomic E-state index is 0.115. The van der Waals surface area contributed by atoms with Crippen molar-refractivity contribution in [1.82, 2.24) is 9.62 Å². The summed E-state index contributed by atoms with van der Waals surface area (Å²) in [5, 5.41) is 2.93. The van der Waals surface area contributed by atoms with Crippen molar-refractivity contribution in [3.63, 3.8) is 0 Å². The highest BCUT2D eigenvalue weighted by Gasteiger charge is 2.34. The second kappa shape index (κ2) is 6.15. The Bertz CT molecular complexity index is 562. The van der Waals surface area contributed by atoms with E-state index in [4.69, 9.17) is 9.15 Å². The van der Waals surface area contributed by atoms with Gasteiger partial charge in [-0.2, -0.15) is 4.31 Å². The first-order valence-corrected chi connectivity index (χ1v) is 8.66. The van der Waals surface area contributed by atoms with Crippen LogP contribution in [-0.4, -0.2) is 45.1 Å². The topological polar surface area (TPSA) is 71.8 Å². The molecule has 0 aliphatic carbocycles. The number of hydrogen-bond acceptors (Lipinski definition) is 5. The Hall–Kier alpha value is -0.410. The zero-order valence-electron chi connectivity index (χ0n) is 11.7. The van der Waals surface area contributed by atoms with E-state index in [2.05, 4.69) is 21.2 Å². The Morgan fingerprint density at radius 2 is 2.00 bits per heavy atom. The SMILES string of the molecule is CNCc1cc(S(=O)(=O)N2C[C@@H](C)O[C@@H](C)C2)c(Br)o1. The van der Waals surface area contributed by atoms with Crippen LogP contribution in [0.15, 0.2) is 20.0 Å². The lowest BCUT2D eigenvalue weighted by molar-refractivity contribution is -0.0441. The van der Waals surface area contributed by atoms with E-state index >= 15 is 0 Å². The van der Waals surface area contributed by atoms with Gasteiger partial charge < -0.3 is 14.5 Å². The molecule has 6 nitrogen and oxygen atoms in total. The molecule has 1 aromatic heterocycles. The molecule has 8 heteroatoms. The van der Waals surface area contributed by atoms with Gasteiger partial charge >= 0.3 is 0 Å². The highest BCUT2D eigenvalue weighted by atomic mass is 79.9. The highest BCUT2D eigenvalue weighted by molar-refractivity contribution is 9.10. The number of sulfonamides is 1. The van der Waals surface area contributed by atoms with Crippen LogP contribution in [-0.2, 0) is 21.3 Å². The van der Waals surface area contributed by atoms with Crippen LogP contribution in [0.5, 0.6) is 0 Å². The Balaban J connectivity index is 2.30. The van der Waals surface area contributed by atoms with Gasteiger partial charge in [-0.1, -0.05) is 0 Å². The van der Waals surface area contributed by atoms with Gasteiger partial charge in [0.15, 0.2) is 4.67 Å². The lowest BCUT2D eigenvalue weighted by Crippen LogP contribution is -2.48. The smallest absolute Gasteiger partial charge is 0.247 e. The predicted octanol–water partition coefficient (Wildman–Crippen LogP) is 1.56. The van der Waals surface area contributed by atoms with E-state index in [9.17, 15) is 8.42 Å². The maximum atomic E-state index is 12.7. The normalized spacial score (nSPS) is 25.0. The molecule has 114 valence electrons. The van der Waals surface area contributed by atoms with Crippen molar-refractivity contribution >= 4 is 26.0 Å². The number of rotatable bonds is 4. The molecule has 2 atom stereocenters. The minimum atomic E-state index is -3.57. The van der Waals surface area contributed by atoms with Crippen LogP contribution in [0.1, 0.15) is 19.6 Å². The Kier molecular flexibility index (Phi) is 4.91. The summed E-state index contributed by atoms with van der Waals surface area (Å²) in [6.45, 7) is 4.92. The number of halogens is 1. The van der Waals surface area contributed by atoms with E-state index in [-0.39, 0.29) is 21.8 Å². The van der Waals surface area contributed by atoms with Gasteiger partial charge in [0.1, 0.15) is 10.7 Å². The molecular formula is C12H19BrN2O4S. The zero-order chi connectivity index (χ0) is 14.9. The summed E-state index contributed by atoms with van der Waals surface area (Å²) in [6.07, 6.45) is -0.230. The van der Waals surface area contributed by atoms with Crippen LogP contribution in [0.4, 0.5) is 0 Å². The number of nitrogens with one attached hydrogen (secondary N) is 1. The Morgan fingerprint density at radius 1 is 1.40 bits per heavy atom. The molecule has 20 heavy (non-hydrogen) atoms. The molecule has 1 fully saturated rings. The molecule has 1 aliphatic rings. The number of ether oxygens (including phenoxy) is 1. The quantitative estimate of drug-likeness (QED) is 0.875. The van der Waals surface area contributed by atoms with Crippen LogP contribution in [0, 0.1) is 0 Å². The van der Waals surface area contributed by atoms with Gasteiger partial charge in [-0.3, -0.25) is 0 Å². The van der Waals surface area contributed by atoms with Crippen LogP contribution >= 0.6 is 15.9 Å².